The van der Waals surface area contributed by atoms with E-state index in [4.69, 9.17) is 22.4 Å². The van der Waals surface area contributed by atoms with E-state index in [-0.39, 0.29) is 0 Å². The third kappa shape index (κ3) is 2.62. The predicted molar refractivity (Wildman–Crippen MR) is 52.1 cm³/mol. The van der Waals surface area contributed by atoms with Crippen molar-refractivity contribution in [2.75, 3.05) is 6.61 Å². The molecule has 0 bridgehead atoms. The van der Waals surface area contributed by atoms with Crippen LogP contribution < -0.4 is 5.73 Å². The van der Waals surface area contributed by atoms with E-state index in [0.29, 0.717) is 6.07 Å². The van der Waals surface area contributed by atoms with Gasteiger partial charge in [-0.3, -0.25) is 0 Å². The Morgan fingerprint density at radius 2 is 1.94 bits per heavy atom. The highest BCUT2D eigenvalue weighted by Gasteiger charge is 2.38. The number of phenols is 1. The highest BCUT2D eigenvalue weighted by molar-refractivity contribution is 6.31. The predicted octanol–water partition coefficient (Wildman–Crippen LogP) is 2.20. The molecule has 0 aliphatic rings. The van der Waals surface area contributed by atoms with Gasteiger partial charge in [0.1, 0.15) is 0 Å². The largest absolute Gasteiger partial charge is 0.505 e. The van der Waals surface area contributed by atoms with Crippen LogP contribution >= 0.6 is 11.6 Å². The van der Waals surface area contributed by atoms with Crippen LogP contribution in [-0.4, -0.2) is 16.8 Å². The molecule has 8 heteroatoms. The minimum Gasteiger partial charge on any atom is -0.505 e. The summed E-state index contributed by atoms with van der Waals surface area (Å²) in [6.07, 6.45) is -4.86. The second-order valence-electron chi connectivity index (χ2n) is 3.27. The van der Waals surface area contributed by atoms with E-state index in [9.17, 15) is 22.7 Å². The van der Waals surface area contributed by atoms with E-state index in [1.54, 1.807) is 0 Å². The lowest BCUT2D eigenvalue weighted by molar-refractivity contribution is -0.138. The molecule has 0 amide bonds. The molecule has 0 aromatic heterocycles. The molecule has 0 saturated carbocycles. The van der Waals surface area contributed by atoms with Gasteiger partial charge < -0.3 is 15.9 Å². The van der Waals surface area contributed by atoms with Gasteiger partial charge in [0, 0.05) is 5.56 Å². The summed E-state index contributed by atoms with van der Waals surface area (Å²) >= 11 is 5.21. The first-order chi connectivity index (χ1) is 7.70. The lowest BCUT2D eigenvalue weighted by Gasteiger charge is -2.19. The zero-order chi connectivity index (χ0) is 13.4. The van der Waals surface area contributed by atoms with E-state index in [1.807, 2.05) is 0 Å². The van der Waals surface area contributed by atoms with Crippen molar-refractivity contribution < 1.29 is 27.8 Å². The Kier molecular flexibility index (Phi) is 3.85. The van der Waals surface area contributed by atoms with Crippen molar-refractivity contribution in [3.63, 3.8) is 0 Å². The standard InChI is InChI=1S/C9H8ClF4NO2/c10-4-1-3(9(12,13)14)6(5(15)2-16)8(17)7(4)11/h1,5,16-17H,2,15H2/t5-/m1/s1. The highest BCUT2D eigenvalue weighted by Crippen LogP contribution is 2.42. The molecule has 1 aromatic rings. The van der Waals surface area contributed by atoms with Crippen LogP contribution in [0.5, 0.6) is 5.75 Å². The molecule has 0 aliphatic heterocycles. The Labute approximate surface area is 98.4 Å². The molecular weight excluding hydrogens is 266 g/mol. The van der Waals surface area contributed by atoms with Crippen LogP contribution in [0.3, 0.4) is 0 Å². The molecule has 96 valence electrons. The van der Waals surface area contributed by atoms with Crippen LogP contribution in [0.4, 0.5) is 17.6 Å². The zero-order valence-corrected chi connectivity index (χ0v) is 8.98. The summed E-state index contributed by atoms with van der Waals surface area (Å²) in [7, 11) is 0. The quantitative estimate of drug-likeness (QED) is 0.724. The van der Waals surface area contributed by atoms with Crippen molar-refractivity contribution in [2.45, 2.75) is 12.2 Å². The average molecular weight is 274 g/mol. The van der Waals surface area contributed by atoms with Crippen molar-refractivity contribution in [1.82, 2.24) is 0 Å². The maximum Gasteiger partial charge on any atom is 0.416 e. The fourth-order valence-electron chi connectivity index (χ4n) is 1.33. The van der Waals surface area contributed by atoms with Gasteiger partial charge in [-0.05, 0) is 6.07 Å². The number of benzene rings is 1. The maximum atomic E-state index is 13.2. The summed E-state index contributed by atoms with van der Waals surface area (Å²) < 4.78 is 51.0. The van der Waals surface area contributed by atoms with Gasteiger partial charge in [0.2, 0.25) is 0 Å². The minimum absolute atomic E-state index is 0.321. The fraction of sp³-hybridized carbons (Fsp3) is 0.333. The van der Waals surface area contributed by atoms with Crippen LogP contribution in [-0.2, 0) is 6.18 Å². The summed E-state index contributed by atoms with van der Waals surface area (Å²) in [5.74, 6) is -2.70. The van der Waals surface area contributed by atoms with Crippen LogP contribution in [0, 0.1) is 5.82 Å². The number of rotatable bonds is 2. The van der Waals surface area contributed by atoms with E-state index in [2.05, 4.69) is 0 Å². The topological polar surface area (TPSA) is 66.5 Å². The molecule has 0 saturated heterocycles. The second kappa shape index (κ2) is 4.67. The molecule has 3 nitrogen and oxygen atoms in total. The molecule has 0 radical (unpaired) electrons. The van der Waals surface area contributed by atoms with Crippen molar-refractivity contribution in [1.29, 1.82) is 0 Å². The summed E-state index contributed by atoms with van der Waals surface area (Å²) in [5, 5.41) is 17.1. The van der Waals surface area contributed by atoms with Crippen LogP contribution in [0.1, 0.15) is 17.2 Å². The van der Waals surface area contributed by atoms with Crippen LogP contribution in [0.25, 0.3) is 0 Å². The molecule has 1 rings (SSSR count). The summed E-state index contributed by atoms with van der Waals surface area (Å²) in [6, 6.07) is -1.24. The number of halogens is 5. The second-order valence-corrected chi connectivity index (χ2v) is 3.68. The third-order valence-corrected chi connectivity index (χ3v) is 2.38. The van der Waals surface area contributed by atoms with E-state index in [1.165, 1.54) is 0 Å². The summed E-state index contributed by atoms with van der Waals surface area (Å²) in [4.78, 5) is 0. The van der Waals surface area contributed by atoms with Gasteiger partial charge in [-0.2, -0.15) is 13.2 Å². The number of phenolic OH excluding ortho intramolecular Hbond substituents is 1. The lowest BCUT2D eigenvalue weighted by Crippen LogP contribution is -2.21. The Morgan fingerprint density at radius 3 is 2.35 bits per heavy atom. The molecule has 17 heavy (non-hydrogen) atoms. The first kappa shape index (κ1) is 14.0. The molecular formula is C9H8ClF4NO2. The van der Waals surface area contributed by atoms with E-state index < -0.39 is 46.5 Å². The molecule has 0 aliphatic carbocycles. The lowest BCUT2D eigenvalue weighted by atomic mass is 9.99. The van der Waals surface area contributed by atoms with Crippen molar-refractivity contribution in [2.24, 2.45) is 5.73 Å². The fourth-order valence-corrected chi connectivity index (χ4v) is 1.53. The van der Waals surface area contributed by atoms with Crippen LogP contribution in [0.15, 0.2) is 6.07 Å². The van der Waals surface area contributed by atoms with Gasteiger partial charge in [-0.25, -0.2) is 4.39 Å². The smallest absolute Gasteiger partial charge is 0.416 e. The third-order valence-electron chi connectivity index (χ3n) is 2.11. The Morgan fingerprint density at radius 1 is 1.41 bits per heavy atom. The number of hydrogen-bond donors (Lipinski definition) is 3. The highest BCUT2D eigenvalue weighted by atomic mass is 35.5. The van der Waals surface area contributed by atoms with Crippen LogP contribution in [0.2, 0.25) is 5.02 Å². The molecule has 0 heterocycles. The molecule has 0 spiro atoms. The average Bonchev–Trinajstić information content (AvgIpc) is 2.23. The van der Waals surface area contributed by atoms with Gasteiger partial charge >= 0.3 is 6.18 Å². The van der Waals surface area contributed by atoms with Gasteiger partial charge in [-0.1, -0.05) is 11.6 Å². The van der Waals surface area contributed by atoms with E-state index >= 15 is 0 Å². The van der Waals surface area contributed by atoms with Crippen molar-refractivity contribution in [3.8, 4) is 5.75 Å². The van der Waals surface area contributed by atoms with Gasteiger partial charge in [0.25, 0.3) is 0 Å². The molecule has 0 unspecified atom stereocenters. The minimum atomic E-state index is -4.86. The molecule has 0 fully saturated rings. The number of aliphatic hydroxyl groups is 1. The first-order valence-electron chi connectivity index (χ1n) is 4.34. The SMILES string of the molecule is N[C@H](CO)c1c(C(F)(F)F)cc(Cl)c(F)c1O. The number of hydrogen-bond acceptors (Lipinski definition) is 3. The normalized spacial score (nSPS) is 13.8. The number of nitrogens with two attached hydrogens (primary N) is 1. The zero-order valence-electron chi connectivity index (χ0n) is 8.22. The molecule has 1 atom stereocenters. The number of alkyl halides is 3. The monoisotopic (exact) mass is 273 g/mol. The van der Waals surface area contributed by atoms with Gasteiger partial charge in [-0.15, -0.1) is 0 Å². The van der Waals surface area contributed by atoms with Gasteiger partial charge in [0.05, 0.1) is 23.2 Å². The first-order valence-corrected chi connectivity index (χ1v) is 4.72. The maximum absolute atomic E-state index is 13.2. The number of aromatic hydroxyl groups is 1. The van der Waals surface area contributed by atoms with E-state index in [0.717, 1.165) is 0 Å². The van der Waals surface area contributed by atoms with Gasteiger partial charge in [0.15, 0.2) is 11.6 Å². The summed E-state index contributed by atoms with van der Waals surface area (Å²) in [6.45, 7) is -0.877. The van der Waals surface area contributed by atoms with Crippen molar-refractivity contribution >= 4 is 11.6 Å². The Bertz CT molecular complexity index is 436. The Balaban J connectivity index is 3.58. The van der Waals surface area contributed by atoms with Crippen molar-refractivity contribution in [3.05, 3.63) is 28.0 Å². The molecule has 4 N–H and O–H groups in total. The molecule has 1 aromatic carbocycles. The Hall–Kier alpha value is -1.05. The summed E-state index contributed by atoms with van der Waals surface area (Å²) in [5.41, 5.74) is 2.90. The number of aliphatic hydroxyl groups excluding tert-OH is 1.